The summed E-state index contributed by atoms with van der Waals surface area (Å²) in [5, 5.41) is 0. The SMILES string of the molecule is CCCn1ccnc1CC(=O)C(C)(C)CN. The average Bonchev–Trinajstić information content (AvgIpc) is 2.66. The number of hydrogen-bond donors (Lipinski definition) is 1. The summed E-state index contributed by atoms with van der Waals surface area (Å²) < 4.78 is 2.03. The fourth-order valence-electron chi connectivity index (χ4n) is 1.45. The van der Waals surface area contributed by atoms with Crippen molar-refractivity contribution < 1.29 is 4.79 Å². The molecule has 0 saturated heterocycles. The van der Waals surface area contributed by atoms with Gasteiger partial charge in [0, 0.05) is 30.9 Å². The molecule has 90 valence electrons. The molecule has 0 fully saturated rings. The van der Waals surface area contributed by atoms with Crippen LogP contribution >= 0.6 is 0 Å². The quantitative estimate of drug-likeness (QED) is 0.792. The third-order valence-corrected chi connectivity index (χ3v) is 2.85. The standard InChI is InChI=1S/C12H21N3O/c1-4-6-15-7-5-14-11(15)8-10(16)12(2,3)9-13/h5,7H,4,6,8-9,13H2,1-3H3. The molecule has 0 saturated carbocycles. The van der Waals surface area contributed by atoms with E-state index in [1.165, 1.54) is 0 Å². The van der Waals surface area contributed by atoms with Crippen LogP contribution in [0.2, 0.25) is 0 Å². The highest BCUT2D eigenvalue weighted by atomic mass is 16.1. The maximum Gasteiger partial charge on any atom is 0.147 e. The van der Waals surface area contributed by atoms with Crippen molar-refractivity contribution in [2.75, 3.05) is 6.54 Å². The second kappa shape index (κ2) is 5.25. The fraction of sp³-hybridized carbons (Fsp3) is 0.667. The predicted octanol–water partition coefficient (Wildman–Crippen LogP) is 1.39. The number of Topliss-reactive ketones (excluding diaryl/α,β-unsaturated/α-hetero) is 1. The van der Waals surface area contributed by atoms with Crippen molar-refractivity contribution in [2.45, 2.75) is 40.2 Å². The third kappa shape index (κ3) is 2.92. The summed E-state index contributed by atoms with van der Waals surface area (Å²) in [6.07, 6.45) is 5.07. The van der Waals surface area contributed by atoms with E-state index in [9.17, 15) is 4.79 Å². The minimum Gasteiger partial charge on any atom is -0.335 e. The van der Waals surface area contributed by atoms with E-state index in [0.717, 1.165) is 18.8 Å². The van der Waals surface area contributed by atoms with Gasteiger partial charge in [-0.1, -0.05) is 20.8 Å². The summed E-state index contributed by atoms with van der Waals surface area (Å²) in [6.45, 7) is 7.15. The van der Waals surface area contributed by atoms with Crippen molar-refractivity contribution in [3.8, 4) is 0 Å². The van der Waals surface area contributed by atoms with Gasteiger partial charge in [-0.05, 0) is 6.42 Å². The minimum absolute atomic E-state index is 0.151. The van der Waals surface area contributed by atoms with Crippen LogP contribution in [0.25, 0.3) is 0 Å². The monoisotopic (exact) mass is 223 g/mol. The highest BCUT2D eigenvalue weighted by molar-refractivity contribution is 5.85. The molecule has 4 heteroatoms. The van der Waals surface area contributed by atoms with Crippen LogP contribution in [0.1, 0.15) is 33.0 Å². The molecule has 4 nitrogen and oxygen atoms in total. The number of nitrogens with two attached hydrogens (primary N) is 1. The molecule has 1 aromatic heterocycles. The molecule has 2 N–H and O–H groups in total. The molecule has 0 atom stereocenters. The van der Waals surface area contributed by atoms with E-state index in [0.29, 0.717) is 13.0 Å². The Kier molecular flexibility index (Phi) is 4.24. The molecule has 0 radical (unpaired) electrons. The van der Waals surface area contributed by atoms with Crippen molar-refractivity contribution >= 4 is 5.78 Å². The van der Waals surface area contributed by atoms with Gasteiger partial charge in [0.05, 0.1) is 6.42 Å². The second-order valence-corrected chi connectivity index (χ2v) is 4.72. The fourth-order valence-corrected chi connectivity index (χ4v) is 1.45. The Morgan fingerprint density at radius 3 is 2.81 bits per heavy atom. The van der Waals surface area contributed by atoms with Crippen LogP contribution < -0.4 is 5.73 Å². The van der Waals surface area contributed by atoms with E-state index in [4.69, 9.17) is 5.73 Å². The Morgan fingerprint density at radius 1 is 1.56 bits per heavy atom. The first-order valence-electron chi connectivity index (χ1n) is 5.74. The Morgan fingerprint density at radius 2 is 2.25 bits per heavy atom. The Labute approximate surface area is 96.9 Å². The number of aromatic nitrogens is 2. The van der Waals surface area contributed by atoms with E-state index >= 15 is 0 Å². The summed E-state index contributed by atoms with van der Waals surface area (Å²) >= 11 is 0. The number of carbonyl (C=O) groups is 1. The zero-order valence-electron chi connectivity index (χ0n) is 10.4. The van der Waals surface area contributed by atoms with E-state index in [-0.39, 0.29) is 5.78 Å². The molecule has 0 spiro atoms. The lowest BCUT2D eigenvalue weighted by Crippen LogP contribution is -2.34. The lowest BCUT2D eigenvalue weighted by Gasteiger charge is -2.20. The molecule has 0 bridgehead atoms. The molecule has 1 heterocycles. The number of ketones is 1. The van der Waals surface area contributed by atoms with Gasteiger partial charge in [0.2, 0.25) is 0 Å². The minimum atomic E-state index is -0.455. The number of hydrogen-bond acceptors (Lipinski definition) is 3. The maximum absolute atomic E-state index is 12.0. The van der Waals surface area contributed by atoms with Crippen molar-refractivity contribution in [1.82, 2.24) is 9.55 Å². The lowest BCUT2D eigenvalue weighted by molar-refractivity contribution is -0.126. The smallest absolute Gasteiger partial charge is 0.147 e. The van der Waals surface area contributed by atoms with Crippen LogP contribution in [0.5, 0.6) is 0 Å². The molecule has 0 amide bonds. The summed E-state index contributed by atoms with van der Waals surface area (Å²) in [7, 11) is 0. The van der Waals surface area contributed by atoms with Crippen LogP contribution in [0.3, 0.4) is 0 Å². The molecule has 0 aliphatic rings. The normalized spacial score (nSPS) is 11.8. The van der Waals surface area contributed by atoms with Crippen molar-refractivity contribution in [1.29, 1.82) is 0 Å². The van der Waals surface area contributed by atoms with Gasteiger partial charge in [0.15, 0.2) is 0 Å². The van der Waals surface area contributed by atoms with E-state index in [1.54, 1.807) is 6.20 Å². The first-order valence-corrected chi connectivity index (χ1v) is 5.74. The number of aryl methyl sites for hydroxylation is 1. The van der Waals surface area contributed by atoms with Gasteiger partial charge in [0.25, 0.3) is 0 Å². The van der Waals surface area contributed by atoms with Crippen LogP contribution in [-0.2, 0) is 17.8 Å². The van der Waals surface area contributed by atoms with E-state index in [1.807, 2.05) is 24.6 Å². The summed E-state index contributed by atoms with van der Waals surface area (Å²) in [6, 6.07) is 0. The molecule has 0 unspecified atom stereocenters. The number of rotatable bonds is 6. The molecule has 1 rings (SSSR count). The molecule has 0 aliphatic heterocycles. The lowest BCUT2D eigenvalue weighted by atomic mass is 9.86. The maximum atomic E-state index is 12.0. The zero-order chi connectivity index (χ0) is 12.2. The number of carbonyl (C=O) groups excluding carboxylic acids is 1. The molecular formula is C12H21N3O. The van der Waals surface area contributed by atoms with Gasteiger partial charge in [0.1, 0.15) is 11.6 Å². The Hall–Kier alpha value is -1.16. The van der Waals surface area contributed by atoms with Gasteiger partial charge in [-0.15, -0.1) is 0 Å². The van der Waals surface area contributed by atoms with E-state index < -0.39 is 5.41 Å². The van der Waals surface area contributed by atoms with Crippen LogP contribution in [0.4, 0.5) is 0 Å². The van der Waals surface area contributed by atoms with Crippen LogP contribution in [0.15, 0.2) is 12.4 Å². The summed E-state index contributed by atoms with van der Waals surface area (Å²) in [5.41, 5.74) is 5.13. The average molecular weight is 223 g/mol. The van der Waals surface area contributed by atoms with Gasteiger partial charge in [-0.25, -0.2) is 4.98 Å². The first-order chi connectivity index (χ1) is 7.51. The number of nitrogens with zero attached hydrogens (tertiary/aromatic N) is 2. The summed E-state index contributed by atoms with van der Waals surface area (Å²) in [5.74, 6) is 0.993. The first kappa shape index (κ1) is 12.9. The molecule has 0 aromatic carbocycles. The summed E-state index contributed by atoms with van der Waals surface area (Å²) in [4.78, 5) is 16.2. The van der Waals surface area contributed by atoms with E-state index in [2.05, 4.69) is 11.9 Å². The van der Waals surface area contributed by atoms with Crippen molar-refractivity contribution in [2.24, 2.45) is 11.1 Å². The topological polar surface area (TPSA) is 60.9 Å². The molecule has 1 aromatic rings. The Balaban J connectivity index is 2.73. The van der Waals surface area contributed by atoms with Crippen LogP contribution in [-0.4, -0.2) is 21.9 Å². The molecule has 16 heavy (non-hydrogen) atoms. The van der Waals surface area contributed by atoms with Crippen molar-refractivity contribution in [3.63, 3.8) is 0 Å². The largest absolute Gasteiger partial charge is 0.335 e. The molecule has 0 aliphatic carbocycles. The van der Waals surface area contributed by atoms with Crippen molar-refractivity contribution in [3.05, 3.63) is 18.2 Å². The third-order valence-electron chi connectivity index (χ3n) is 2.85. The predicted molar refractivity (Wildman–Crippen MR) is 64.1 cm³/mol. The van der Waals surface area contributed by atoms with Gasteiger partial charge in [-0.3, -0.25) is 4.79 Å². The second-order valence-electron chi connectivity index (χ2n) is 4.72. The highest BCUT2D eigenvalue weighted by Crippen LogP contribution is 2.17. The Bertz CT molecular complexity index is 355. The zero-order valence-corrected chi connectivity index (χ0v) is 10.4. The van der Waals surface area contributed by atoms with Gasteiger partial charge >= 0.3 is 0 Å². The molecular weight excluding hydrogens is 202 g/mol. The van der Waals surface area contributed by atoms with Gasteiger partial charge in [-0.2, -0.15) is 0 Å². The van der Waals surface area contributed by atoms with Crippen LogP contribution in [0, 0.1) is 5.41 Å². The number of imidazole rings is 1. The highest BCUT2D eigenvalue weighted by Gasteiger charge is 2.26. The van der Waals surface area contributed by atoms with Gasteiger partial charge < -0.3 is 10.3 Å².